The van der Waals surface area contributed by atoms with Gasteiger partial charge in [0.25, 0.3) is 5.12 Å². The van der Waals surface area contributed by atoms with Gasteiger partial charge >= 0.3 is 11.8 Å². The van der Waals surface area contributed by atoms with Gasteiger partial charge in [-0.3, -0.25) is 0 Å². The molecule has 0 aromatic heterocycles. The van der Waals surface area contributed by atoms with E-state index in [0.29, 0.717) is 13.0 Å². The van der Waals surface area contributed by atoms with Gasteiger partial charge in [-0.1, -0.05) is 20.3 Å². The Morgan fingerprint density at radius 1 is 1.10 bits per heavy atom. The zero-order chi connectivity index (χ0) is 15.6. The smallest absolute Gasteiger partial charge is 0.371 e. The zero-order valence-corrected chi connectivity index (χ0v) is 13.6. The SMILES string of the molecule is CCCCOC(S)(OCCC)C(OC)(OCC)C(=O)O. The quantitative estimate of drug-likeness (QED) is 0.327. The molecule has 0 rings (SSSR count). The van der Waals surface area contributed by atoms with Crippen LogP contribution in [0.1, 0.15) is 40.0 Å². The van der Waals surface area contributed by atoms with Crippen LogP contribution in [0.5, 0.6) is 0 Å². The van der Waals surface area contributed by atoms with Gasteiger partial charge in [-0.25, -0.2) is 4.79 Å². The highest BCUT2D eigenvalue weighted by Crippen LogP contribution is 2.37. The van der Waals surface area contributed by atoms with Crippen molar-refractivity contribution >= 4 is 18.6 Å². The topological polar surface area (TPSA) is 74.2 Å². The summed E-state index contributed by atoms with van der Waals surface area (Å²) in [7, 11) is 1.23. The van der Waals surface area contributed by atoms with E-state index in [2.05, 4.69) is 12.6 Å². The zero-order valence-electron chi connectivity index (χ0n) is 12.7. The van der Waals surface area contributed by atoms with Gasteiger partial charge in [-0.05, 0) is 19.8 Å². The molecule has 0 amide bonds. The van der Waals surface area contributed by atoms with Gasteiger partial charge in [0.2, 0.25) is 0 Å². The Balaban J connectivity index is 5.31. The Bertz CT molecular complexity index is 288. The Hall–Kier alpha value is -0.340. The highest BCUT2D eigenvalue weighted by Gasteiger charge is 2.60. The van der Waals surface area contributed by atoms with Gasteiger partial charge in [0.15, 0.2) is 0 Å². The molecule has 0 saturated heterocycles. The Labute approximate surface area is 126 Å². The van der Waals surface area contributed by atoms with Crippen LogP contribution >= 0.6 is 12.6 Å². The molecule has 0 aromatic rings. The molecule has 0 saturated carbocycles. The van der Waals surface area contributed by atoms with Gasteiger partial charge in [0.05, 0.1) is 13.2 Å². The number of unbranched alkanes of at least 4 members (excludes halogenated alkanes) is 1. The maximum atomic E-state index is 11.6. The van der Waals surface area contributed by atoms with Gasteiger partial charge in [-0.15, -0.1) is 12.6 Å². The minimum Gasteiger partial charge on any atom is -0.477 e. The summed E-state index contributed by atoms with van der Waals surface area (Å²) in [6, 6.07) is 0. The molecule has 0 fully saturated rings. The molecule has 20 heavy (non-hydrogen) atoms. The lowest BCUT2D eigenvalue weighted by Gasteiger charge is -2.41. The first-order valence-electron chi connectivity index (χ1n) is 6.86. The standard InChI is InChI=1S/C13H26O6S/c1-5-8-10-19-13(20,18-9-6-2)12(16-4,11(14)15)17-7-3/h20H,5-10H2,1-4H3,(H,14,15). The number of carboxylic acids is 1. The molecule has 0 spiro atoms. The van der Waals surface area contributed by atoms with E-state index in [1.54, 1.807) is 6.92 Å². The van der Waals surface area contributed by atoms with E-state index < -0.39 is 16.9 Å². The summed E-state index contributed by atoms with van der Waals surface area (Å²) < 4.78 is 21.4. The van der Waals surface area contributed by atoms with Gasteiger partial charge in [-0.2, -0.15) is 0 Å². The molecular formula is C13H26O6S. The van der Waals surface area contributed by atoms with Crippen LogP contribution in [-0.4, -0.2) is 48.9 Å². The normalized spacial score (nSPS) is 17.4. The van der Waals surface area contributed by atoms with Crippen LogP contribution in [0.2, 0.25) is 0 Å². The molecule has 7 heteroatoms. The minimum atomic E-state index is -2.12. The third-order valence-corrected chi connectivity index (χ3v) is 3.18. The van der Waals surface area contributed by atoms with Crippen LogP contribution in [0.3, 0.4) is 0 Å². The third-order valence-electron chi connectivity index (χ3n) is 2.63. The summed E-state index contributed by atoms with van der Waals surface area (Å²) in [4.78, 5) is 11.6. The first-order chi connectivity index (χ1) is 9.44. The molecule has 0 aliphatic rings. The van der Waals surface area contributed by atoms with E-state index in [-0.39, 0.29) is 13.2 Å². The Morgan fingerprint density at radius 2 is 1.70 bits per heavy atom. The lowest BCUT2D eigenvalue weighted by Crippen LogP contribution is -2.62. The molecule has 6 nitrogen and oxygen atoms in total. The molecule has 1 N–H and O–H groups in total. The summed E-state index contributed by atoms with van der Waals surface area (Å²) >= 11 is 4.28. The molecular weight excluding hydrogens is 284 g/mol. The first kappa shape index (κ1) is 19.7. The Kier molecular flexibility index (Phi) is 9.41. The van der Waals surface area contributed by atoms with Crippen LogP contribution < -0.4 is 0 Å². The van der Waals surface area contributed by atoms with E-state index in [1.807, 2.05) is 13.8 Å². The van der Waals surface area contributed by atoms with Gasteiger partial charge in [0, 0.05) is 13.7 Å². The summed E-state index contributed by atoms with van der Waals surface area (Å²) in [6.07, 6.45) is 2.34. The first-order valence-corrected chi connectivity index (χ1v) is 7.31. The maximum absolute atomic E-state index is 11.6. The number of hydrogen-bond acceptors (Lipinski definition) is 6. The number of hydrogen-bond donors (Lipinski definition) is 2. The largest absolute Gasteiger partial charge is 0.477 e. The molecule has 120 valence electrons. The highest BCUT2D eigenvalue weighted by atomic mass is 32.1. The average Bonchev–Trinajstić information content (AvgIpc) is 2.42. The van der Waals surface area contributed by atoms with E-state index >= 15 is 0 Å². The molecule has 0 radical (unpaired) electrons. The second kappa shape index (κ2) is 9.57. The number of thiol groups is 1. The lowest BCUT2D eigenvalue weighted by molar-refractivity contribution is -0.350. The summed E-state index contributed by atoms with van der Waals surface area (Å²) in [5.41, 5.74) is 0. The van der Waals surface area contributed by atoms with Crippen molar-refractivity contribution < 1.29 is 28.8 Å². The van der Waals surface area contributed by atoms with Crippen molar-refractivity contribution in [3.05, 3.63) is 0 Å². The fourth-order valence-corrected chi connectivity index (χ4v) is 2.03. The predicted octanol–water partition coefficient (Wildman–Crippen LogP) is 2.28. The second-order valence-electron chi connectivity index (χ2n) is 4.19. The molecule has 0 bridgehead atoms. The number of carboxylic acid groups (broad SMARTS) is 1. The Morgan fingerprint density at radius 3 is 2.10 bits per heavy atom. The van der Waals surface area contributed by atoms with Crippen LogP contribution in [-0.2, 0) is 23.7 Å². The minimum absolute atomic E-state index is 0.120. The van der Waals surface area contributed by atoms with Crippen molar-refractivity contribution in [2.45, 2.75) is 50.9 Å². The summed E-state index contributed by atoms with van der Waals surface area (Å²) in [5.74, 6) is -3.46. The number of methoxy groups -OCH3 is 1. The molecule has 0 aliphatic carbocycles. The van der Waals surface area contributed by atoms with Crippen LogP contribution in [0.4, 0.5) is 0 Å². The van der Waals surface area contributed by atoms with E-state index in [4.69, 9.17) is 18.9 Å². The van der Waals surface area contributed by atoms with E-state index in [9.17, 15) is 9.90 Å². The van der Waals surface area contributed by atoms with Gasteiger partial charge in [0.1, 0.15) is 0 Å². The summed E-state index contributed by atoms with van der Waals surface area (Å²) in [5, 5.41) is 7.68. The third kappa shape index (κ3) is 4.60. The number of rotatable bonds is 12. The van der Waals surface area contributed by atoms with Crippen LogP contribution in [0, 0.1) is 0 Å². The summed E-state index contributed by atoms with van der Waals surface area (Å²) in [6.45, 7) is 6.26. The molecule has 0 heterocycles. The second-order valence-corrected chi connectivity index (χ2v) is 4.78. The molecule has 0 aliphatic heterocycles. The van der Waals surface area contributed by atoms with Crippen molar-refractivity contribution in [3.8, 4) is 0 Å². The van der Waals surface area contributed by atoms with Crippen molar-refractivity contribution in [1.82, 2.24) is 0 Å². The molecule has 0 aromatic carbocycles. The van der Waals surface area contributed by atoms with E-state index in [0.717, 1.165) is 12.8 Å². The highest BCUT2D eigenvalue weighted by molar-refractivity contribution is 7.81. The number of aliphatic carboxylic acids is 1. The maximum Gasteiger partial charge on any atom is 0.371 e. The number of ether oxygens (including phenoxy) is 4. The van der Waals surface area contributed by atoms with Crippen molar-refractivity contribution in [3.63, 3.8) is 0 Å². The monoisotopic (exact) mass is 310 g/mol. The van der Waals surface area contributed by atoms with Gasteiger partial charge < -0.3 is 24.1 Å². The van der Waals surface area contributed by atoms with E-state index in [1.165, 1.54) is 7.11 Å². The lowest BCUT2D eigenvalue weighted by atomic mass is 10.2. The number of carbonyl (C=O) groups is 1. The predicted molar refractivity (Wildman–Crippen MR) is 77.8 cm³/mol. The van der Waals surface area contributed by atoms with Crippen molar-refractivity contribution in [2.75, 3.05) is 26.9 Å². The molecule has 2 unspecified atom stereocenters. The molecule has 2 atom stereocenters. The van der Waals surface area contributed by atoms with Crippen molar-refractivity contribution in [1.29, 1.82) is 0 Å². The fraction of sp³-hybridized carbons (Fsp3) is 0.923. The van der Waals surface area contributed by atoms with Crippen LogP contribution in [0.15, 0.2) is 0 Å². The van der Waals surface area contributed by atoms with Crippen LogP contribution in [0.25, 0.3) is 0 Å². The average molecular weight is 310 g/mol. The van der Waals surface area contributed by atoms with Crippen molar-refractivity contribution in [2.24, 2.45) is 0 Å². The fourth-order valence-electron chi connectivity index (χ4n) is 1.59.